The molecule has 2 heterocycles. The van der Waals surface area contributed by atoms with E-state index in [0.29, 0.717) is 25.3 Å². The summed E-state index contributed by atoms with van der Waals surface area (Å²) >= 11 is 0. The molecule has 7 heteroatoms. The molecule has 0 unspecified atom stereocenters. The van der Waals surface area contributed by atoms with Crippen LogP contribution in [0.2, 0.25) is 0 Å². The Morgan fingerprint density at radius 1 is 1.28 bits per heavy atom. The third-order valence-electron chi connectivity index (χ3n) is 3.57. The van der Waals surface area contributed by atoms with E-state index in [0.717, 1.165) is 22.2 Å². The van der Waals surface area contributed by atoms with Crippen LogP contribution in [-0.2, 0) is 4.84 Å². The van der Waals surface area contributed by atoms with Gasteiger partial charge in [0, 0.05) is 30.1 Å². The van der Waals surface area contributed by atoms with Crippen LogP contribution in [0.5, 0.6) is 0 Å². The second-order valence-corrected chi connectivity index (χ2v) is 5.37. The number of fused-ring (bicyclic) bond motifs is 1. The van der Waals surface area contributed by atoms with Gasteiger partial charge in [-0.05, 0) is 12.1 Å². The third-order valence-corrected chi connectivity index (χ3v) is 3.57. The van der Waals surface area contributed by atoms with Crippen molar-refractivity contribution in [2.45, 2.75) is 6.42 Å². The quantitative estimate of drug-likeness (QED) is 0.350. The summed E-state index contributed by atoms with van der Waals surface area (Å²) in [6, 6.07) is 13.6. The van der Waals surface area contributed by atoms with E-state index in [9.17, 15) is 4.79 Å². The summed E-state index contributed by atoms with van der Waals surface area (Å²) in [4.78, 5) is 23.2. The normalized spacial score (nSPS) is 11.4. The zero-order valence-electron chi connectivity index (χ0n) is 13.5. The molecule has 3 N–H and O–H groups in total. The van der Waals surface area contributed by atoms with Gasteiger partial charge in [0.25, 0.3) is 0 Å². The van der Waals surface area contributed by atoms with Crippen molar-refractivity contribution in [3.63, 3.8) is 0 Å². The zero-order chi connectivity index (χ0) is 17.5. The van der Waals surface area contributed by atoms with Gasteiger partial charge in [-0.15, -0.1) is 0 Å². The van der Waals surface area contributed by atoms with Gasteiger partial charge in [0.05, 0.1) is 17.4 Å². The summed E-state index contributed by atoms with van der Waals surface area (Å²) in [6.07, 6.45) is 3.00. The van der Waals surface area contributed by atoms with Crippen LogP contribution in [0.25, 0.3) is 10.9 Å². The van der Waals surface area contributed by atoms with Crippen LogP contribution in [0.15, 0.2) is 60.0 Å². The number of carboxylic acid groups (broad SMARTS) is 1. The lowest BCUT2D eigenvalue weighted by Gasteiger charge is -2.06. The van der Waals surface area contributed by atoms with Crippen LogP contribution >= 0.6 is 0 Å². The van der Waals surface area contributed by atoms with Crippen LogP contribution in [0.1, 0.15) is 17.7 Å². The zero-order valence-corrected chi connectivity index (χ0v) is 13.5. The summed E-state index contributed by atoms with van der Waals surface area (Å²) in [7, 11) is 0. The van der Waals surface area contributed by atoms with E-state index in [1.54, 1.807) is 12.4 Å². The first kappa shape index (κ1) is 16.5. The van der Waals surface area contributed by atoms with Gasteiger partial charge in [-0.2, -0.15) is 0 Å². The van der Waals surface area contributed by atoms with E-state index in [4.69, 9.17) is 9.94 Å². The summed E-state index contributed by atoms with van der Waals surface area (Å²) in [5.74, 6) is 0. The van der Waals surface area contributed by atoms with Crippen molar-refractivity contribution in [2.75, 3.05) is 13.2 Å². The number of aromatic amines is 1. The minimum atomic E-state index is -1.04. The highest BCUT2D eigenvalue weighted by Gasteiger charge is 2.11. The lowest BCUT2D eigenvalue weighted by atomic mass is 10.1. The number of oxime groups is 1. The molecule has 1 aromatic carbocycles. The first-order valence-electron chi connectivity index (χ1n) is 7.89. The number of nitrogens with zero attached hydrogens (tertiary/aromatic N) is 2. The van der Waals surface area contributed by atoms with Crippen LogP contribution in [0.4, 0.5) is 4.79 Å². The van der Waals surface area contributed by atoms with Gasteiger partial charge >= 0.3 is 6.09 Å². The molecule has 0 fully saturated rings. The number of amides is 1. The molecule has 0 spiro atoms. The number of carbonyl (C=O) groups is 1. The molecule has 0 atom stereocenters. The Morgan fingerprint density at radius 2 is 2.12 bits per heavy atom. The van der Waals surface area contributed by atoms with Crippen LogP contribution in [0, 0.1) is 0 Å². The molecule has 3 aromatic rings. The molecule has 0 saturated carbocycles. The number of hydrogen-bond acceptors (Lipinski definition) is 4. The molecule has 0 aliphatic carbocycles. The summed E-state index contributed by atoms with van der Waals surface area (Å²) in [5.41, 5.74) is 3.36. The fraction of sp³-hybridized carbons (Fsp3) is 0.167. The second kappa shape index (κ2) is 7.96. The van der Waals surface area contributed by atoms with E-state index in [1.165, 1.54) is 0 Å². The first-order chi connectivity index (χ1) is 12.2. The van der Waals surface area contributed by atoms with Crippen LogP contribution < -0.4 is 5.32 Å². The van der Waals surface area contributed by atoms with Gasteiger partial charge in [0.15, 0.2) is 0 Å². The average Bonchev–Trinajstić information content (AvgIpc) is 3.05. The van der Waals surface area contributed by atoms with Crippen molar-refractivity contribution in [3.8, 4) is 0 Å². The largest absolute Gasteiger partial charge is 0.465 e. The van der Waals surface area contributed by atoms with Gasteiger partial charge in [0.1, 0.15) is 12.3 Å². The Morgan fingerprint density at radius 3 is 2.88 bits per heavy atom. The molecular formula is C18H18N4O3. The fourth-order valence-electron chi connectivity index (χ4n) is 2.40. The summed E-state index contributed by atoms with van der Waals surface area (Å²) in [6.45, 7) is 0.641. The van der Waals surface area contributed by atoms with Crippen molar-refractivity contribution < 1.29 is 14.7 Å². The maximum absolute atomic E-state index is 10.4. The number of H-pyrrole nitrogens is 1. The van der Waals surface area contributed by atoms with Crippen LogP contribution in [-0.4, -0.2) is 40.0 Å². The van der Waals surface area contributed by atoms with E-state index in [-0.39, 0.29) is 0 Å². The van der Waals surface area contributed by atoms with E-state index >= 15 is 0 Å². The van der Waals surface area contributed by atoms with Crippen molar-refractivity contribution in [1.29, 1.82) is 0 Å². The van der Waals surface area contributed by atoms with Gasteiger partial charge in [-0.25, -0.2) is 4.79 Å². The number of rotatable bonds is 7. The second-order valence-electron chi connectivity index (χ2n) is 5.37. The molecule has 0 radical (unpaired) electrons. The van der Waals surface area contributed by atoms with Gasteiger partial charge < -0.3 is 20.2 Å². The highest BCUT2D eigenvalue weighted by atomic mass is 16.6. The Bertz CT molecular complexity index is 841. The molecule has 0 bridgehead atoms. The Kier molecular flexibility index (Phi) is 5.26. The molecule has 1 amide bonds. The average molecular weight is 338 g/mol. The smallest absolute Gasteiger partial charge is 0.404 e. The number of nitrogens with one attached hydrogen (secondary N) is 2. The minimum absolute atomic E-state index is 0.318. The maximum Gasteiger partial charge on any atom is 0.404 e. The van der Waals surface area contributed by atoms with Gasteiger partial charge in [-0.1, -0.05) is 35.5 Å². The fourth-order valence-corrected chi connectivity index (χ4v) is 2.40. The Hall–Kier alpha value is -3.35. The standard InChI is InChI=1S/C18H18N4O3/c23-18(24)20-8-4-10-25-22-17(13-5-2-1-3-6-13)15-11-14-7-9-19-12-16(14)21-15/h1-3,5-7,9,11-12,20-21H,4,8,10H2,(H,23,24). The molecule has 0 saturated heterocycles. The SMILES string of the molecule is O=C(O)NCCCON=C(c1ccccc1)c1cc2ccncc2[nH]1. The number of pyridine rings is 1. The number of benzene rings is 1. The molecule has 2 aromatic heterocycles. The number of hydrogen-bond donors (Lipinski definition) is 3. The molecule has 0 aliphatic rings. The van der Waals surface area contributed by atoms with Crippen molar-refractivity contribution in [2.24, 2.45) is 5.16 Å². The molecule has 0 aliphatic heterocycles. The lowest BCUT2D eigenvalue weighted by molar-refractivity contribution is 0.140. The third kappa shape index (κ3) is 4.35. The van der Waals surface area contributed by atoms with E-state index < -0.39 is 6.09 Å². The molecule has 3 rings (SSSR count). The summed E-state index contributed by atoms with van der Waals surface area (Å²) < 4.78 is 0. The van der Waals surface area contributed by atoms with Gasteiger partial charge in [-0.3, -0.25) is 4.98 Å². The molecule has 25 heavy (non-hydrogen) atoms. The van der Waals surface area contributed by atoms with Crippen molar-refractivity contribution in [3.05, 3.63) is 66.1 Å². The molecule has 128 valence electrons. The van der Waals surface area contributed by atoms with E-state index in [1.807, 2.05) is 42.5 Å². The monoisotopic (exact) mass is 338 g/mol. The lowest BCUT2D eigenvalue weighted by Crippen LogP contribution is -2.22. The highest BCUT2D eigenvalue weighted by Crippen LogP contribution is 2.17. The summed E-state index contributed by atoms with van der Waals surface area (Å²) in [5, 5.41) is 16.1. The van der Waals surface area contributed by atoms with Gasteiger partial charge in [0.2, 0.25) is 0 Å². The first-order valence-corrected chi connectivity index (χ1v) is 7.89. The van der Waals surface area contributed by atoms with Crippen LogP contribution in [0.3, 0.4) is 0 Å². The van der Waals surface area contributed by atoms with Crippen molar-refractivity contribution in [1.82, 2.24) is 15.3 Å². The predicted molar refractivity (Wildman–Crippen MR) is 94.8 cm³/mol. The maximum atomic E-state index is 10.4. The number of aromatic nitrogens is 2. The Balaban J connectivity index is 1.78. The molecular weight excluding hydrogens is 320 g/mol. The van der Waals surface area contributed by atoms with Crippen molar-refractivity contribution >= 4 is 22.7 Å². The highest BCUT2D eigenvalue weighted by molar-refractivity contribution is 6.13. The topological polar surface area (TPSA) is 99.6 Å². The predicted octanol–water partition coefficient (Wildman–Crippen LogP) is 2.99. The minimum Gasteiger partial charge on any atom is -0.465 e. The Labute approximate surface area is 144 Å². The molecule has 7 nitrogen and oxygen atoms in total. The van der Waals surface area contributed by atoms with E-state index in [2.05, 4.69) is 20.4 Å².